The Morgan fingerprint density at radius 2 is 2.25 bits per heavy atom. The lowest BCUT2D eigenvalue weighted by Crippen LogP contribution is -2.18. The Morgan fingerprint density at radius 1 is 1.44 bits per heavy atom. The van der Waals surface area contributed by atoms with Crippen LogP contribution < -0.4 is 5.32 Å². The molecule has 4 heteroatoms. The van der Waals surface area contributed by atoms with Gasteiger partial charge in [0.2, 0.25) is 5.76 Å². The third-order valence-electron chi connectivity index (χ3n) is 2.16. The minimum atomic E-state index is -0.390. The minimum absolute atomic E-state index is 0.263. The highest BCUT2D eigenvalue weighted by atomic mass is 16.5. The van der Waals surface area contributed by atoms with Crippen molar-refractivity contribution in [1.29, 1.82) is 0 Å². The number of furan rings is 1. The summed E-state index contributed by atoms with van der Waals surface area (Å²) < 4.78 is 9.94. The van der Waals surface area contributed by atoms with Gasteiger partial charge in [0.25, 0.3) is 0 Å². The number of hydrogen-bond donors (Lipinski definition) is 1. The first-order chi connectivity index (χ1) is 7.84. The molecule has 1 aromatic heterocycles. The molecule has 0 aliphatic rings. The van der Waals surface area contributed by atoms with Gasteiger partial charge in [0.05, 0.1) is 12.9 Å². The fourth-order valence-corrected chi connectivity index (χ4v) is 1.25. The Balaban J connectivity index is 1.97. The molecule has 0 aliphatic heterocycles. The average molecular weight is 225 g/mol. The van der Waals surface area contributed by atoms with Gasteiger partial charge in [-0.05, 0) is 38.1 Å². The van der Waals surface area contributed by atoms with Gasteiger partial charge in [-0.1, -0.05) is 13.3 Å². The molecule has 4 nitrogen and oxygen atoms in total. The van der Waals surface area contributed by atoms with Crippen molar-refractivity contribution in [3.63, 3.8) is 0 Å². The number of esters is 1. The molecule has 90 valence electrons. The Bertz CT molecular complexity index is 282. The van der Waals surface area contributed by atoms with Gasteiger partial charge in [-0.2, -0.15) is 0 Å². The number of carbonyl (C=O) groups is 1. The van der Waals surface area contributed by atoms with Crippen LogP contribution in [-0.4, -0.2) is 25.7 Å². The van der Waals surface area contributed by atoms with Gasteiger partial charge in [-0.3, -0.25) is 0 Å². The molecule has 16 heavy (non-hydrogen) atoms. The molecule has 0 aromatic carbocycles. The van der Waals surface area contributed by atoms with Crippen LogP contribution >= 0.6 is 0 Å². The Kier molecular flexibility index (Phi) is 6.33. The van der Waals surface area contributed by atoms with Gasteiger partial charge < -0.3 is 14.5 Å². The van der Waals surface area contributed by atoms with Crippen molar-refractivity contribution in [2.24, 2.45) is 0 Å². The zero-order chi connectivity index (χ0) is 11.6. The van der Waals surface area contributed by atoms with Crippen molar-refractivity contribution < 1.29 is 13.9 Å². The molecule has 0 atom stereocenters. The van der Waals surface area contributed by atoms with Gasteiger partial charge in [-0.25, -0.2) is 4.79 Å². The Labute approximate surface area is 96.0 Å². The highest BCUT2D eigenvalue weighted by Crippen LogP contribution is 2.02. The lowest BCUT2D eigenvalue weighted by atomic mass is 10.3. The molecule has 0 spiro atoms. The van der Waals surface area contributed by atoms with Gasteiger partial charge in [0, 0.05) is 0 Å². The minimum Gasteiger partial charge on any atom is -0.460 e. The van der Waals surface area contributed by atoms with Crippen molar-refractivity contribution in [3.8, 4) is 0 Å². The van der Waals surface area contributed by atoms with Crippen LogP contribution in [-0.2, 0) is 4.74 Å². The SMILES string of the molecule is CCCCNCCCOC(=O)c1ccco1. The smallest absolute Gasteiger partial charge is 0.374 e. The molecule has 0 amide bonds. The summed E-state index contributed by atoms with van der Waals surface area (Å²) in [6, 6.07) is 3.27. The number of ether oxygens (including phenoxy) is 1. The molecular weight excluding hydrogens is 206 g/mol. The van der Waals surface area contributed by atoms with Crippen LogP contribution in [0, 0.1) is 0 Å². The highest BCUT2D eigenvalue weighted by Gasteiger charge is 2.08. The van der Waals surface area contributed by atoms with Crippen molar-refractivity contribution in [3.05, 3.63) is 24.2 Å². The summed E-state index contributed by atoms with van der Waals surface area (Å²) in [6.45, 7) is 4.50. The third kappa shape index (κ3) is 4.98. The number of hydrogen-bond acceptors (Lipinski definition) is 4. The summed E-state index contributed by atoms with van der Waals surface area (Å²) in [7, 11) is 0. The normalized spacial score (nSPS) is 10.3. The second kappa shape index (κ2) is 7.93. The van der Waals surface area contributed by atoms with E-state index in [1.807, 2.05) is 0 Å². The van der Waals surface area contributed by atoms with Crippen molar-refractivity contribution in [2.45, 2.75) is 26.2 Å². The number of nitrogens with one attached hydrogen (secondary N) is 1. The molecule has 1 rings (SSSR count). The third-order valence-corrected chi connectivity index (χ3v) is 2.16. The van der Waals surface area contributed by atoms with Crippen LogP contribution in [0.4, 0.5) is 0 Å². The van der Waals surface area contributed by atoms with Crippen LogP contribution in [0.3, 0.4) is 0 Å². The van der Waals surface area contributed by atoms with E-state index in [1.54, 1.807) is 12.1 Å². The molecule has 0 aliphatic carbocycles. The van der Waals surface area contributed by atoms with Gasteiger partial charge in [0.1, 0.15) is 0 Å². The van der Waals surface area contributed by atoms with Gasteiger partial charge in [-0.15, -0.1) is 0 Å². The van der Waals surface area contributed by atoms with E-state index < -0.39 is 5.97 Å². The molecule has 0 saturated heterocycles. The number of rotatable bonds is 8. The average Bonchev–Trinajstić information content (AvgIpc) is 2.81. The van der Waals surface area contributed by atoms with Crippen molar-refractivity contribution in [2.75, 3.05) is 19.7 Å². The molecule has 0 saturated carbocycles. The first-order valence-corrected chi connectivity index (χ1v) is 5.76. The van der Waals surface area contributed by atoms with Crippen LogP contribution in [0.5, 0.6) is 0 Å². The topological polar surface area (TPSA) is 51.5 Å². The van der Waals surface area contributed by atoms with E-state index in [2.05, 4.69) is 12.2 Å². The van der Waals surface area contributed by atoms with E-state index in [-0.39, 0.29) is 5.76 Å². The van der Waals surface area contributed by atoms with E-state index in [1.165, 1.54) is 19.1 Å². The maximum Gasteiger partial charge on any atom is 0.374 e. The zero-order valence-corrected chi connectivity index (χ0v) is 9.70. The Hall–Kier alpha value is -1.29. The Morgan fingerprint density at radius 3 is 2.94 bits per heavy atom. The van der Waals surface area contributed by atoms with Gasteiger partial charge in [0.15, 0.2) is 0 Å². The summed E-state index contributed by atoms with van der Waals surface area (Å²) in [6.07, 6.45) is 4.67. The summed E-state index contributed by atoms with van der Waals surface area (Å²) in [5.74, 6) is -0.127. The van der Waals surface area contributed by atoms with Crippen LogP contribution in [0.15, 0.2) is 22.8 Å². The molecular formula is C12H19NO3. The fraction of sp³-hybridized carbons (Fsp3) is 0.583. The summed E-state index contributed by atoms with van der Waals surface area (Å²) >= 11 is 0. The first kappa shape index (κ1) is 12.8. The lowest BCUT2D eigenvalue weighted by molar-refractivity contribution is 0.0464. The van der Waals surface area contributed by atoms with Crippen molar-refractivity contribution >= 4 is 5.97 Å². The molecule has 1 N–H and O–H groups in total. The summed E-state index contributed by atoms with van der Waals surface area (Å²) in [5, 5.41) is 3.28. The van der Waals surface area contributed by atoms with Crippen LogP contribution in [0.25, 0.3) is 0 Å². The summed E-state index contributed by atoms with van der Waals surface area (Å²) in [5.41, 5.74) is 0. The number of unbranched alkanes of at least 4 members (excludes halogenated alkanes) is 1. The van der Waals surface area contributed by atoms with E-state index >= 15 is 0 Å². The predicted molar refractivity (Wildman–Crippen MR) is 61.4 cm³/mol. The monoisotopic (exact) mass is 225 g/mol. The quantitative estimate of drug-likeness (QED) is 0.544. The van der Waals surface area contributed by atoms with Gasteiger partial charge >= 0.3 is 5.97 Å². The first-order valence-electron chi connectivity index (χ1n) is 5.76. The zero-order valence-electron chi connectivity index (χ0n) is 9.70. The molecule has 1 aromatic rings. The maximum atomic E-state index is 11.3. The lowest BCUT2D eigenvalue weighted by Gasteiger charge is -2.04. The molecule has 0 bridgehead atoms. The second-order valence-electron chi connectivity index (χ2n) is 3.57. The predicted octanol–water partition coefficient (Wildman–Crippen LogP) is 2.22. The molecule has 1 heterocycles. The number of carbonyl (C=O) groups excluding carboxylic acids is 1. The van der Waals surface area contributed by atoms with Crippen molar-refractivity contribution in [1.82, 2.24) is 5.32 Å². The highest BCUT2D eigenvalue weighted by molar-refractivity contribution is 5.86. The van der Waals surface area contributed by atoms with E-state index in [4.69, 9.17) is 9.15 Å². The standard InChI is InChI=1S/C12H19NO3/c1-2-3-7-13-8-5-10-16-12(14)11-6-4-9-15-11/h4,6,9,13H,2-3,5,7-8,10H2,1H3. The van der Waals surface area contributed by atoms with E-state index in [0.29, 0.717) is 6.61 Å². The van der Waals surface area contributed by atoms with Crippen LogP contribution in [0.2, 0.25) is 0 Å². The maximum absolute atomic E-state index is 11.3. The van der Waals surface area contributed by atoms with E-state index in [0.717, 1.165) is 19.5 Å². The summed E-state index contributed by atoms with van der Waals surface area (Å²) in [4.78, 5) is 11.3. The molecule has 0 unspecified atom stereocenters. The van der Waals surface area contributed by atoms with E-state index in [9.17, 15) is 4.79 Å². The molecule has 0 radical (unpaired) electrons. The fourth-order valence-electron chi connectivity index (χ4n) is 1.25. The molecule has 0 fully saturated rings. The largest absolute Gasteiger partial charge is 0.460 e. The van der Waals surface area contributed by atoms with Crippen LogP contribution in [0.1, 0.15) is 36.7 Å². The second-order valence-corrected chi connectivity index (χ2v) is 3.57.